The Kier molecular flexibility index (Phi) is 7.12. The number of H-pyrrole nitrogens is 1. The number of hydrogen-bond donors (Lipinski definition) is 1. The van der Waals surface area contributed by atoms with E-state index in [0.29, 0.717) is 25.2 Å². The number of carbonyl (C=O) groups excluding carboxylic acids is 1. The third-order valence-electron chi connectivity index (χ3n) is 5.81. The monoisotopic (exact) mass is 544 g/mol. The molecule has 1 amide bonds. The van der Waals surface area contributed by atoms with Gasteiger partial charge in [-0.1, -0.05) is 0 Å². The molecule has 1 aliphatic heterocycles. The largest absolute Gasteiger partial charge is 0.460 e. The molecule has 0 aliphatic carbocycles. The number of fused-ring (bicyclic) bond motifs is 1. The van der Waals surface area contributed by atoms with Crippen molar-refractivity contribution < 1.29 is 40.6 Å². The van der Waals surface area contributed by atoms with Crippen LogP contribution in [0.4, 0.5) is 26.3 Å². The Morgan fingerprint density at radius 1 is 1.13 bits per heavy atom. The van der Waals surface area contributed by atoms with Crippen LogP contribution in [0.5, 0.6) is 5.88 Å². The van der Waals surface area contributed by atoms with Gasteiger partial charge in [0, 0.05) is 30.9 Å². The average Bonchev–Trinajstić information content (AvgIpc) is 2.80. The highest BCUT2D eigenvalue weighted by atomic mass is 19.4. The van der Waals surface area contributed by atoms with Gasteiger partial charge >= 0.3 is 12.4 Å². The van der Waals surface area contributed by atoms with Crippen molar-refractivity contribution in [3.8, 4) is 5.88 Å². The fourth-order valence-corrected chi connectivity index (χ4v) is 4.31. The lowest BCUT2D eigenvalue weighted by Gasteiger charge is -2.35. The molecule has 0 radical (unpaired) electrons. The molecular formula is C24H22F6N4O4. The van der Waals surface area contributed by atoms with Crippen molar-refractivity contribution in [1.82, 2.24) is 19.9 Å². The lowest BCUT2D eigenvalue weighted by Crippen LogP contribution is -2.48. The highest BCUT2D eigenvalue weighted by molar-refractivity contribution is 5.94. The number of morpholine rings is 1. The summed E-state index contributed by atoms with van der Waals surface area (Å²) in [6.45, 7) is 5.50. The average molecular weight is 544 g/mol. The van der Waals surface area contributed by atoms with Crippen molar-refractivity contribution in [3.63, 3.8) is 0 Å². The molecule has 1 aliphatic rings. The number of rotatable bonds is 4. The zero-order chi connectivity index (χ0) is 28.0. The van der Waals surface area contributed by atoms with E-state index in [1.807, 2.05) is 0 Å². The quantitative estimate of drug-likeness (QED) is 0.484. The standard InChI is InChI=1S/C24H22F6N4O4/c1-11-9-34(10-12(2)37-11)22(36)14-4-5-19(31-8-14)38-20(24(28,29)30)15-6-16-18(7-17(15)23(25,26)27)32-13(3)33-21(16)35/h4-8,11-12,20H,9-10H2,1-3H3,(H,32,33,35)/t11-,12+,20-/m0/s1. The fraction of sp³-hybridized carbons (Fsp3) is 0.417. The maximum atomic E-state index is 14.1. The van der Waals surface area contributed by atoms with Gasteiger partial charge in [0.1, 0.15) is 5.82 Å². The number of aromatic amines is 1. The van der Waals surface area contributed by atoms with E-state index >= 15 is 0 Å². The molecule has 1 N–H and O–H groups in total. The highest BCUT2D eigenvalue weighted by Crippen LogP contribution is 2.43. The number of halogens is 6. The summed E-state index contributed by atoms with van der Waals surface area (Å²) < 4.78 is 94.2. The Hall–Kier alpha value is -3.68. The molecule has 1 aromatic carbocycles. The summed E-state index contributed by atoms with van der Waals surface area (Å²) in [6.07, 6.45) is -13.1. The Bertz CT molecular complexity index is 1390. The molecule has 0 bridgehead atoms. The lowest BCUT2D eigenvalue weighted by molar-refractivity contribution is -0.201. The van der Waals surface area contributed by atoms with E-state index in [2.05, 4.69) is 15.0 Å². The number of amides is 1. The molecular weight excluding hydrogens is 522 g/mol. The second-order valence-electron chi connectivity index (χ2n) is 9.00. The highest BCUT2D eigenvalue weighted by Gasteiger charge is 2.48. The molecule has 3 aromatic rings. The molecule has 4 rings (SSSR count). The van der Waals surface area contributed by atoms with E-state index in [1.165, 1.54) is 17.9 Å². The normalized spacial score (nSPS) is 19.4. The third kappa shape index (κ3) is 5.74. The van der Waals surface area contributed by atoms with Crippen LogP contribution in [0.1, 0.15) is 47.3 Å². The molecule has 0 spiro atoms. The number of alkyl halides is 6. The number of aromatic nitrogens is 3. The zero-order valence-corrected chi connectivity index (χ0v) is 20.3. The van der Waals surface area contributed by atoms with Gasteiger partial charge in [0.15, 0.2) is 0 Å². The Balaban J connectivity index is 1.70. The number of ether oxygens (including phenoxy) is 2. The van der Waals surface area contributed by atoms with Gasteiger partial charge in [0.2, 0.25) is 12.0 Å². The van der Waals surface area contributed by atoms with E-state index in [0.717, 1.165) is 12.3 Å². The summed E-state index contributed by atoms with van der Waals surface area (Å²) in [4.78, 5) is 36.3. The van der Waals surface area contributed by atoms with Crippen molar-refractivity contribution >= 4 is 16.8 Å². The fourth-order valence-electron chi connectivity index (χ4n) is 4.31. The van der Waals surface area contributed by atoms with Gasteiger partial charge in [-0.3, -0.25) is 9.59 Å². The Morgan fingerprint density at radius 3 is 2.34 bits per heavy atom. The first-order valence-electron chi connectivity index (χ1n) is 11.4. The maximum Gasteiger partial charge on any atom is 0.429 e. The molecule has 3 heterocycles. The number of pyridine rings is 1. The number of hydrogen-bond acceptors (Lipinski definition) is 6. The van der Waals surface area contributed by atoms with E-state index in [9.17, 15) is 35.9 Å². The third-order valence-corrected chi connectivity index (χ3v) is 5.81. The molecule has 8 nitrogen and oxygen atoms in total. The summed E-state index contributed by atoms with van der Waals surface area (Å²) in [5, 5.41) is -0.473. The summed E-state index contributed by atoms with van der Waals surface area (Å²) >= 11 is 0. The summed E-state index contributed by atoms with van der Waals surface area (Å²) in [6, 6.07) is 2.99. The van der Waals surface area contributed by atoms with Crippen LogP contribution in [-0.4, -0.2) is 57.2 Å². The molecule has 204 valence electrons. The Morgan fingerprint density at radius 2 is 1.79 bits per heavy atom. The van der Waals surface area contributed by atoms with Crippen molar-refractivity contribution in [2.75, 3.05) is 13.1 Å². The van der Waals surface area contributed by atoms with Crippen molar-refractivity contribution in [2.45, 2.75) is 51.4 Å². The molecule has 38 heavy (non-hydrogen) atoms. The number of carbonyl (C=O) groups is 1. The second-order valence-corrected chi connectivity index (χ2v) is 9.00. The summed E-state index contributed by atoms with van der Waals surface area (Å²) in [7, 11) is 0. The molecule has 2 aromatic heterocycles. The number of aryl methyl sites for hydroxylation is 1. The topological polar surface area (TPSA) is 97.4 Å². The summed E-state index contributed by atoms with van der Waals surface area (Å²) in [5.41, 5.74) is -4.26. The van der Waals surface area contributed by atoms with Crippen LogP contribution in [0.25, 0.3) is 10.9 Å². The van der Waals surface area contributed by atoms with E-state index in [1.54, 1.807) is 13.8 Å². The number of benzene rings is 1. The molecule has 1 fully saturated rings. The second kappa shape index (κ2) is 9.89. The van der Waals surface area contributed by atoms with Crippen molar-refractivity contribution in [2.24, 2.45) is 0 Å². The van der Waals surface area contributed by atoms with Crippen LogP contribution in [0.3, 0.4) is 0 Å². The first-order chi connectivity index (χ1) is 17.6. The minimum Gasteiger partial charge on any atom is -0.460 e. The number of nitrogens with zero attached hydrogens (tertiary/aromatic N) is 3. The molecule has 0 saturated carbocycles. The predicted molar refractivity (Wildman–Crippen MR) is 122 cm³/mol. The van der Waals surface area contributed by atoms with Crippen molar-refractivity contribution in [3.05, 3.63) is 63.3 Å². The van der Waals surface area contributed by atoms with Crippen LogP contribution in [0.15, 0.2) is 35.3 Å². The van der Waals surface area contributed by atoms with Gasteiger partial charge in [-0.25, -0.2) is 9.97 Å². The van der Waals surface area contributed by atoms with E-state index < -0.39 is 57.8 Å². The van der Waals surface area contributed by atoms with Crippen molar-refractivity contribution in [1.29, 1.82) is 0 Å². The van der Waals surface area contributed by atoms with Crippen LogP contribution in [-0.2, 0) is 10.9 Å². The first kappa shape index (κ1) is 27.4. The maximum absolute atomic E-state index is 14.1. The number of nitrogens with one attached hydrogen (secondary N) is 1. The zero-order valence-electron chi connectivity index (χ0n) is 20.3. The lowest BCUT2D eigenvalue weighted by atomic mass is 9.98. The molecule has 1 saturated heterocycles. The first-order valence-corrected chi connectivity index (χ1v) is 11.4. The van der Waals surface area contributed by atoms with Gasteiger partial charge in [-0.05, 0) is 39.0 Å². The minimum absolute atomic E-state index is 0.00757. The van der Waals surface area contributed by atoms with Gasteiger partial charge < -0.3 is 19.4 Å². The van der Waals surface area contributed by atoms with Crippen LogP contribution in [0, 0.1) is 6.92 Å². The predicted octanol–water partition coefficient (Wildman–Crippen LogP) is 4.58. The molecule has 0 unspecified atom stereocenters. The molecule has 14 heteroatoms. The Labute approximate surface area is 211 Å². The van der Waals surface area contributed by atoms with Crippen LogP contribution >= 0.6 is 0 Å². The van der Waals surface area contributed by atoms with Crippen LogP contribution in [0.2, 0.25) is 0 Å². The van der Waals surface area contributed by atoms with Gasteiger partial charge in [-0.15, -0.1) is 0 Å². The smallest absolute Gasteiger partial charge is 0.429 e. The van der Waals surface area contributed by atoms with Gasteiger partial charge in [0.25, 0.3) is 11.5 Å². The van der Waals surface area contributed by atoms with E-state index in [4.69, 9.17) is 9.47 Å². The summed E-state index contributed by atoms with van der Waals surface area (Å²) in [5.74, 6) is -1.11. The van der Waals surface area contributed by atoms with E-state index in [-0.39, 0.29) is 23.6 Å². The minimum atomic E-state index is -5.32. The van der Waals surface area contributed by atoms with Gasteiger partial charge in [-0.2, -0.15) is 26.3 Å². The van der Waals surface area contributed by atoms with Gasteiger partial charge in [0.05, 0.1) is 34.2 Å². The SMILES string of the molecule is Cc1nc2cc(C(F)(F)F)c([C@H](Oc3ccc(C(=O)N4C[C@@H](C)O[C@@H](C)C4)cn3)C(F)(F)F)cc2c(=O)[nH]1. The molecule has 3 atom stereocenters. The van der Waals surface area contributed by atoms with Crippen LogP contribution < -0.4 is 10.3 Å².